The number of hydrogen-bond acceptors (Lipinski definition) is 5. The van der Waals surface area contributed by atoms with E-state index >= 15 is 0 Å². The van der Waals surface area contributed by atoms with E-state index in [9.17, 15) is 5.11 Å². The van der Waals surface area contributed by atoms with Crippen molar-refractivity contribution < 1.29 is 14.0 Å². The monoisotopic (exact) mass is 179 g/mol. The number of nitrogens with zero attached hydrogens (tertiary/aromatic N) is 1. The van der Waals surface area contributed by atoms with Gasteiger partial charge in [-0.1, -0.05) is 0 Å². The van der Waals surface area contributed by atoms with Gasteiger partial charge in [0.25, 0.3) is 0 Å². The molecule has 0 spiro atoms. The van der Waals surface area contributed by atoms with Gasteiger partial charge in [-0.25, -0.2) is 4.90 Å². The second-order valence-corrected chi connectivity index (χ2v) is 2.89. The van der Waals surface area contributed by atoms with E-state index in [1.807, 2.05) is 11.8 Å². The van der Waals surface area contributed by atoms with Gasteiger partial charge in [0.15, 0.2) is 0 Å². The summed E-state index contributed by atoms with van der Waals surface area (Å²) in [5.74, 6) is 0.668. The molecule has 1 atom stereocenters. The summed E-state index contributed by atoms with van der Waals surface area (Å²) in [6.45, 7) is 3.77. The number of aliphatic hydroxyl groups is 1. The normalized spacial score (nSPS) is 23.5. The molecule has 5 heteroatoms. The Balaban J connectivity index is 2.21. The fraction of sp³-hybridized carbons (Fsp3) is 1.00. The molecule has 1 rings (SSSR count). The molecule has 0 saturated carbocycles. The van der Waals surface area contributed by atoms with Gasteiger partial charge in [-0.3, -0.25) is 0 Å². The summed E-state index contributed by atoms with van der Waals surface area (Å²) in [5.41, 5.74) is 0. The van der Waals surface area contributed by atoms with Crippen LogP contribution in [0.3, 0.4) is 0 Å². The molecule has 66 valence electrons. The van der Waals surface area contributed by atoms with E-state index in [0.29, 0.717) is 19.1 Å². The molecule has 1 heterocycles. The van der Waals surface area contributed by atoms with Crippen molar-refractivity contribution in [3.63, 3.8) is 0 Å². The highest BCUT2D eigenvalue weighted by molar-refractivity contribution is 7.94. The number of aliphatic hydroxyl groups excluding tert-OH is 1. The van der Waals surface area contributed by atoms with Gasteiger partial charge < -0.3 is 14.0 Å². The van der Waals surface area contributed by atoms with Gasteiger partial charge in [-0.15, -0.1) is 0 Å². The largest absolute Gasteiger partial charge is 0.356 e. The maximum absolute atomic E-state index is 9.31. The summed E-state index contributed by atoms with van der Waals surface area (Å²) in [7, 11) is 0. The van der Waals surface area contributed by atoms with Crippen LogP contribution in [-0.4, -0.2) is 42.1 Å². The molecule has 0 bridgehead atoms. The second-order valence-electron chi connectivity index (χ2n) is 2.16. The minimum absolute atomic E-state index is 0.531. The van der Waals surface area contributed by atoms with Crippen molar-refractivity contribution in [2.24, 2.45) is 0 Å². The average Bonchev–Trinajstić information content (AvgIpc) is 2.07. The molecule has 1 fully saturated rings. The average molecular weight is 179 g/mol. The third-order valence-electron chi connectivity index (χ3n) is 1.39. The molecule has 4 nitrogen and oxygen atoms in total. The lowest BCUT2D eigenvalue weighted by Crippen LogP contribution is -2.41. The van der Waals surface area contributed by atoms with Crippen molar-refractivity contribution in [3.05, 3.63) is 0 Å². The van der Waals surface area contributed by atoms with E-state index in [2.05, 4.69) is 0 Å². The maximum atomic E-state index is 9.31. The molecule has 1 aliphatic heterocycles. The number of hydrogen-bond donors (Lipinski definition) is 1. The lowest BCUT2D eigenvalue weighted by Gasteiger charge is -2.29. The van der Waals surface area contributed by atoms with E-state index in [1.54, 1.807) is 0 Å². The van der Waals surface area contributed by atoms with Crippen molar-refractivity contribution in [2.45, 2.75) is 13.3 Å². The summed E-state index contributed by atoms with van der Waals surface area (Å²) in [6.07, 6.45) is -0.767. The van der Waals surface area contributed by atoms with E-state index in [-0.39, 0.29) is 0 Å². The third kappa shape index (κ3) is 2.96. The predicted molar refractivity (Wildman–Crippen MR) is 42.7 cm³/mol. The Morgan fingerprint density at radius 3 is 3.18 bits per heavy atom. The molecule has 1 aliphatic rings. The van der Waals surface area contributed by atoms with Gasteiger partial charge >= 0.3 is 0 Å². The van der Waals surface area contributed by atoms with Crippen LogP contribution in [0.1, 0.15) is 6.92 Å². The van der Waals surface area contributed by atoms with Crippen molar-refractivity contribution in [3.8, 4) is 0 Å². The molecule has 0 aromatic carbocycles. The number of ether oxygens (including phenoxy) is 1. The maximum Gasteiger partial charge on any atom is 0.216 e. The first-order valence-corrected chi connectivity index (χ1v) is 4.54. The Bertz CT molecular complexity index is 108. The van der Waals surface area contributed by atoms with Gasteiger partial charge in [-0.2, -0.15) is 0 Å². The zero-order valence-corrected chi connectivity index (χ0v) is 7.34. The zero-order chi connectivity index (χ0) is 8.10. The first-order valence-electron chi connectivity index (χ1n) is 3.62. The van der Waals surface area contributed by atoms with Crippen molar-refractivity contribution in [1.29, 1.82) is 0 Å². The molecule has 11 heavy (non-hydrogen) atoms. The standard InChI is InChI=1S/C6H13NO3S/c1-2-9-6(8)7-3-4-10-11-5-7/h6,8H,2-5H2,1H3. The molecule has 1 N–H and O–H groups in total. The van der Waals surface area contributed by atoms with Crippen LogP contribution >= 0.6 is 12.0 Å². The van der Waals surface area contributed by atoms with Gasteiger partial charge in [0.1, 0.15) is 0 Å². The van der Waals surface area contributed by atoms with Crippen LogP contribution in [0.2, 0.25) is 0 Å². The Kier molecular flexibility index (Phi) is 4.17. The highest BCUT2D eigenvalue weighted by Gasteiger charge is 2.18. The minimum atomic E-state index is -0.767. The van der Waals surface area contributed by atoms with Gasteiger partial charge in [0.05, 0.1) is 12.5 Å². The Hall–Kier alpha value is 0.190. The van der Waals surface area contributed by atoms with Crippen LogP contribution in [0.15, 0.2) is 0 Å². The lowest BCUT2D eigenvalue weighted by molar-refractivity contribution is -0.188. The first kappa shape index (κ1) is 9.28. The molecule has 0 aromatic heterocycles. The minimum Gasteiger partial charge on any atom is -0.356 e. The van der Waals surface area contributed by atoms with Gasteiger partial charge in [-0.05, 0) is 6.92 Å². The molecular weight excluding hydrogens is 166 g/mol. The highest BCUT2D eigenvalue weighted by atomic mass is 32.2. The fourth-order valence-corrected chi connectivity index (χ4v) is 1.47. The summed E-state index contributed by atoms with van der Waals surface area (Å²) < 4.78 is 10.0. The van der Waals surface area contributed by atoms with E-state index in [4.69, 9.17) is 8.92 Å². The Morgan fingerprint density at radius 1 is 1.82 bits per heavy atom. The molecule has 0 aromatic rings. The summed E-state index contributed by atoms with van der Waals surface area (Å²) in [5, 5.41) is 9.31. The van der Waals surface area contributed by atoms with E-state index in [0.717, 1.165) is 6.54 Å². The fourth-order valence-electron chi connectivity index (χ4n) is 0.812. The Labute approximate surface area is 70.7 Å². The van der Waals surface area contributed by atoms with Crippen LogP contribution in [0, 0.1) is 0 Å². The van der Waals surface area contributed by atoms with E-state index in [1.165, 1.54) is 12.0 Å². The summed E-state index contributed by atoms with van der Waals surface area (Å²) >= 11 is 1.34. The predicted octanol–water partition coefficient (Wildman–Crippen LogP) is 0.237. The first-order chi connectivity index (χ1) is 5.34. The van der Waals surface area contributed by atoms with E-state index < -0.39 is 6.41 Å². The van der Waals surface area contributed by atoms with Gasteiger partial charge in [0, 0.05) is 25.2 Å². The molecular formula is C6H13NO3S. The molecule has 0 radical (unpaired) electrons. The second kappa shape index (κ2) is 4.95. The van der Waals surface area contributed by atoms with Gasteiger partial charge in [0.2, 0.25) is 6.41 Å². The van der Waals surface area contributed by atoms with Crippen molar-refractivity contribution >= 4 is 12.0 Å². The quantitative estimate of drug-likeness (QED) is 0.496. The van der Waals surface area contributed by atoms with Crippen LogP contribution < -0.4 is 0 Å². The topological polar surface area (TPSA) is 41.9 Å². The number of rotatable bonds is 3. The van der Waals surface area contributed by atoms with Crippen molar-refractivity contribution in [1.82, 2.24) is 4.90 Å². The van der Waals surface area contributed by atoms with Crippen LogP contribution in [0.25, 0.3) is 0 Å². The van der Waals surface area contributed by atoms with Crippen LogP contribution in [0.4, 0.5) is 0 Å². The van der Waals surface area contributed by atoms with Crippen LogP contribution in [0.5, 0.6) is 0 Å². The zero-order valence-electron chi connectivity index (χ0n) is 6.52. The highest BCUT2D eigenvalue weighted by Crippen LogP contribution is 2.13. The summed E-state index contributed by atoms with van der Waals surface area (Å²) in [6, 6.07) is 0. The SMILES string of the molecule is CCOC(O)N1CCOSC1. The summed E-state index contributed by atoms with van der Waals surface area (Å²) in [4.78, 5) is 1.82. The van der Waals surface area contributed by atoms with Crippen LogP contribution in [-0.2, 0) is 8.92 Å². The molecule has 0 amide bonds. The smallest absolute Gasteiger partial charge is 0.216 e. The molecule has 0 aliphatic carbocycles. The lowest BCUT2D eigenvalue weighted by atomic mass is 10.6. The Morgan fingerprint density at radius 2 is 2.64 bits per heavy atom. The molecule has 1 saturated heterocycles. The molecule has 1 unspecified atom stereocenters. The third-order valence-corrected chi connectivity index (χ3v) is 2.16. The van der Waals surface area contributed by atoms with Crippen molar-refractivity contribution in [2.75, 3.05) is 25.6 Å².